The maximum Gasteiger partial charge on any atom is 0.129 e. The highest BCUT2D eigenvalue weighted by Gasteiger charge is 2.00. The SMILES string of the molecule is CC(=O)CCCn1cc(CCO)nn1. The Kier molecular flexibility index (Phi) is 4.25. The molecule has 0 spiro atoms. The molecule has 5 nitrogen and oxygen atoms in total. The van der Waals surface area contributed by atoms with Crippen molar-refractivity contribution in [3.8, 4) is 0 Å². The first kappa shape index (κ1) is 10.8. The van der Waals surface area contributed by atoms with Crippen molar-refractivity contribution < 1.29 is 9.90 Å². The minimum Gasteiger partial charge on any atom is -0.396 e. The summed E-state index contributed by atoms with van der Waals surface area (Å²) in [7, 11) is 0. The van der Waals surface area contributed by atoms with Crippen LogP contribution in [0.4, 0.5) is 0 Å². The van der Waals surface area contributed by atoms with Crippen LogP contribution in [-0.4, -0.2) is 32.5 Å². The van der Waals surface area contributed by atoms with Gasteiger partial charge in [0.25, 0.3) is 0 Å². The number of hydrogen-bond donors (Lipinski definition) is 1. The third-order valence-electron chi connectivity index (χ3n) is 1.87. The monoisotopic (exact) mass is 197 g/mol. The van der Waals surface area contributed by atoms with E-state index in [2.05, 4.69) is 10.3 Å². The molecule has 0 aliphatic rings. The predicted octanol–water partition coefficient (Wildman–Crippen LogP) is 0.182. The van der Waals surface area contributed by atoms with Gasteiger partial charge in [-0.3, -0.25) is 4.68 Å². The number of carbonyl (C=O) groups excluding carboxylic acids is 1. The first-order valence-electron chi connectivity index (χ1n) is 4.71. The predicted molar refractivity (Wildman–Crippen MR) is 50.7 cm³/mol. The number of ketones is 1. The molecule has 0 unspecified atom stereocenters. The summed E-state index contributed by atoms with van der Waals surface area (Å²) in [5.41, 5.74) is 0.787. The molecule has 0 aliphatic carbocycles. The average Bonchev–Trinajstić information content (AvgIpc) is 2.53. The minimum absolute atomic E-state index is 0.0894. The van der Waals surface area contributed by atoms with Gasteiger partial charge >= 0.3 is 0 Å². The molecule has 0 fully saturated rings. The van der Waals surface area contributed by atoms with Crippen molar-refractivity contribution in [1.82, 2.24) is 15.0 Å². The van der Waals surface area contributed by atoms with E-state index in [0.29, 0.717) is 19.4 Å². The molecule has 0 aliphatic heterocycles. The molecule has 0 aromatic carbocycles. The van der Waals surface area contributed by atoms with Crippen molar-refractivity contribution in [1.29, 1.82) is 0 Å². The van der Waals surface area contributed by atoms with Gasteiger partial charge in [-0.2, -0.15) is 0 Å². The first-order chi connectivity index (χ1) is 6.72. The lowest BCUT2D eigenvalue weighted by atomic mass is 10.2. The molecule has 5 heteroatoms. The molecule has 0 amide bonds. The van der Waals surface area contributed by atoms with Gasteiger partial charge < -0.3 is 9.90 Å². The van der Waals surface area contributed by atoms with E-state index in [0.717, 1.165) is 12.1 Å². The van der Waals surface area contributed by atoms with Crippen LogP contribution >= 0.6 is 0 Å². The zero-order valence-electron chi connectivity index (χ0n) is 8.31. The van der Waals surface area contributed by atoms with Crippen molar-refractivity contribution in [2.24, 2.45) is 0 Å². The molecular weight excluding hydrogens is 182 g/mol. The maximum atomic E-state index is 10.7. The fourth-order valence-corrected chi connectivity index (χ4v) is 1.17. The Bertz CT molecular complexity index is 296. The van der Waals surface area contributed by atoms with Crippen LogP contribution in [0.3, 0.4) is 0 Å². The van der Waals surface area contributed by atoms with E-state index < -0.39 is 0 Å². The second kappa shape index (κ2) is 5.49. The molecule has 0 atom stereocenters. The molecule has 1 aromatic heterocycles. The highest BCUT2D eigenvalue weighted by molar-refractivity contribution is 5.75. The van der Waals surface area contributed by atoms with Crippen molar-refractivity contribution in [2.45, 2.75) is 32.7 Å². The highest BCUT2D eigenvalue weighted by atomic mass is 16.3. The number of carbonyl (C=O) groups is 1. The molecule has 0 bridgehead atoms. The number of nitrogens with zero attached hydrogens (tertiary/aromatic N) is 3. The van der Waals surface area contributed by atoms with Crippen molar-refractivity contribution >= 4 is 5.78 Å². The van der Waals surface area contributed by atoms with Gasteiger partial charge in [-0.05, 0) is 13.3 Å². The number of Topliss-reactive ketones (excluding diaryl/α,β-unsaturated/α-hetero) is 1. The fourth-order valence-electron chi connectivity index (χ4n) is 1.17. The second-order valence-electron chi connectivity index (χ2n) is 3.25. The Morgan fingerprint density at radius 1 is 1.64 bits per heavy atom. The molecular formula is C9H15N3O2. The standard InChI is InChI=1S/C9H15N3O2/c1-8(14)3-2-5-12-7-9(4-6-13)10-11-12/h7,13H,2-6H2,1H3. The van der Waals surface area contributed by atoms with E-state index in [-0.39, 0.29) is 12.4 Å². The number of rotatable bonds is 6. The van der Waals surface area contributed by atoms with Crippen LogP contribution in [0, 0.1) is 0 Å². The van der Waals surface area contributed by atoms with E-state index >= 15 is 0 Å². The van der Waals surface area contributed by atoms with Gasteiger partial charge in [0.05, 0.1) is 5.69 Å². The second-order valence-corrected chi connectivity index (χ2v) is 3.25. The van der Waals surface area contributed by atoms with Gasteiger partial charge in [0.1, 0.15) is 5.78 Å². The molecule has 0 saturated heterocycles. The number of aliphatic hydroxyl groups is 1. The first-order valence-corrected chi connectivity index (χ1v) is 4.71. The van der Waals surface area contributed by atoms with Crippen LogP contribution in [0.1, 0.15) is 25.5 Å². The van der Waals surface area contributed by atoms with Gasteiger partial charge in [0, 0.05) is 32.2 Å². The van der Waals surface area contributed by atoms with Gasteiger partial charge in [-0.1, -0.05) is 5.21 Å². The summed E-state index contributed by atoms with van der Waals surface area (Å²) in [6.45, 7) is 2.38. The number of aromatic nitrogens is 3. The van der Waals surface area contributed by atoms with E-state index in [4.69, 9.17) is 5.11 Å². The van der Waals surface area contributed by atoms with E-state index in [1.165, 1.54) is 0 Å². The number of hydrogen-bond acceptors (Lipinski definition) is 4. The van der Waals surface area contributed by atoms with Crippen molar-refractivity contribution in [3.63, 3.8) is 0 Å². The smallest absolute Gasteiger partial charge is 0.129 e. The van der Waals surface area contributed by atoms with Crippen molar-refractivity contribution in [3.05, 3.63) is 11.9 Å². The van der Waals surface area contributed by atoms with E-state index in [1.54, 1.807) is 17.8 Å². The summed E-state index contributed by atoms with van der Waals surface area (Å²) in [6.07, 6.45) is 3.70. The third kappa shape index (κ3) is 3.66. The molecule has 14 heavy (non-hydrogen) atoms. The third-order valence-corrected chi connectivity index (χ3v) is 1.87. The lowest BCUT2D eigenvalue weighted by Crippen LogP contribution is -2.01. The Morgan fingerprint density at radius 3 is 3.07 bits per heavy atom. The van der Waals surface area contributed by atoms with E-state index in [9.17, 15) is 4.79 Å². The maximum absolute atomic E-state index is 10.7. The molecule has 1 N–H and O–H groups in total. The molecule has 0 saturated carbocycles. The topological polar surface area (TPSA) is 68.0 Å². The molecule has 1 rings (SSSR count). The van der Waals surface area contributed by atoms with Crippen LogP contribution in [0.2, 0.25) is 0 Å². The summed E-state index contributed by atoms with van der Waals surface area (Å²) in [4.78, 5) is 10.7. The summed E-state index contributed by atoms with van der Waals surface area (Å²) >= 11 is 0. The van der Waals surface area contributed by atoms with Crippen LogP contribution in [0.15, 0.2) is 6.20 Å². The highest BCUT2D eigenvalue weighted by Crippen LogP contribution is 1.98. The lowest BCUT2D eigenvalue weighted by molar-refractivity contribution is -0.117. The van der Waals surface area contributed by atoms with E-state index in [1.807, 2.05) is 0 Å². The lowest BCUT2D eigenvalue weighted by Gasteiger charge is -1.96. The average molecular weight is 197 g/mol. The van der Waals surface area contributed by atoms with Gasteiger partial charge in [0.2, 0.25) is 0 Å². The Balaban J connectivity index is 2.32. The van der Waals surface area contributed by atoms with Gasteiger partial charge in [-0.15, -0.1) is 5.10 Å². The molecule has 1 heterocycles. The summed E-state index contributed by atoms with van der Waals surface area (Å²) in [5, 5.41) is 16.4. The molecule has 78 valence electrons. The van der Waals surface area contributed by atoms with Crippen LogP contribution < -0.4 is 0 Å². The number of aryl methyl sites for hydroxylation is 1. The Morgan fingerprint density at radius 2 is 2.43 bits per heavy atom. The summed E-state index contributed by atoms with van der Waals surface area (Å²) in [5.74, 6) is 0.195. The van der Waals surface area contributed by atoms with Crippen LogP contribution in [0.25, 0.3) is 0 Å². The molecule has 1 aromatic rings. The fraction of sp³-hybridized carbons (Fsp3) is 0.667. The quantitative estimate of drug-likeness (QED) is 0.706. The summed E-state index contributed by atoms with van der Waals surface area (Å²) < 4.78 is 1.70. The minimum atomic E-state index is 0.0894. The van der Waals surface area contributed by atoms with Gasteiger partial charge in [0.15, 0.2) is 0 Å². The van der Waals surface area contributed by atoms with Gasteiger partial charge in [-0.25, -0.2) is 0 Å². The number of aliphatic hydroxyl groups excluding tert-OH is 1. The Labute approximate surface area is 82.7 Å². The Hall–Kier alpha value is -1.23. The van der Waals surface area contributed by atoms with Crippen molar-refractivity contribution in [2.75, 3.05) is 6.61 Å². The van der Waals surface area contributed by atoms with Crippen LogP contribution in [-0.2, 0) is 17.8 Å². The molecule has 0 radical (unpaired) electrons. The zero-order valence-corrected chi connectivity index (χ0v) is 8.31. The van der Waals surface area contributed by atoms with Crippen LogP contribution in [0.5, 0.6) is 0 Å². The summed E-state index contributed by atoms with van der Waals surface area (Å²) in [6, 6.07) is 0. The zero-order chi connectivity index (χ0) is 10.4. The normalized spacial score (nSPS) is 10.4. The largest absolute Gasteiger partial charge is 0.396 e.